The molecular weight excluding hydrogens is 460 g/mol. The predicted molar refractivity (Wildman–Crippen MR) is 139 cm³/mol. The van der Waals surface area contributed by atoms with Crippen LogP contribution in [0.4, 0.5) is 5.82 Å². The third-order valence-electron chi connectivity index (χ3n) is 6.97. The summed E-state index contributed by atoms with van der Waals surface area (Å²) < 4.78 is 2.01. The van der Waals surface area contributed by atoms with Gasteiger partial charge in [-0.3, -0.25) is 4.98 Å². The van der Waals surface area contributed by atoms with Gasteiger partial charge in [-0.15, -0.1) is 0 Å². The first-order valence-corrected chi connectivity index (χ1v) is 12.2. The third kappa shape index (κ3) is 3.88. The number of rotatable bonds is 4. The van der Waals surface area contributed by atoms with E-state index in [-0.39, 0.29) is 6.04 Å². The van der Waals surface area contributed by atoms with Crippen molar-refractivity contribution in [1.29, 1.82) is 0 Å². The molecule has 1 aliphatic rings. The van der Waals surface area contributed by atoms with E-state index in [1.165, 1.54) is 6.33 Å². The second kappa shape index (κ2) is 8.87. The Labute approximate surface area is 207 Å². The van der Waals surface area contributed by atoms with Gasteiger partial charge in [-0.05, 0) is 68.5 Å². The van der Waals surface area contributed by atoms with Crippen molar-refractivity contribution in [1.82, 2.24) is 29.7 Å². The first kappa shape index (κ1) is 21.9. The molecule has 8 nitrogen and oxygen atoms in total. The Bertz CT molecular complexity index is 1520. The first-order chi connectivity index (χ1) is 17.1. The van der Waals surface area contributed by atoms with Gasteiger partial charge in [0, 0.05) is 17.1 Å². The van der Waals surface area contributed by atoms with E-state index >= 15 is 0 Å². The minimum Gasteiger partial charge on any atom is -0.383 e. The molecule has 4 heterocycles. The van der Waals surface area contributed by atoms with Crippen LogP contribution in [0.25, 0.3) is 44.6 Å². The monoisotopic (exact) mass is 484 g/mol. The van der Waals surface area contributed by atoms with Gasteiger partial charge in [0.15, 0.2) is 5.65 Å². The SMILES string of the molecule is NCC1CCC(n2nc(-c3cc4nc(-c5ccccn5)ccc4cc3Cl)c3c(N)ncnc32)CC1. The number of nitrogen functional groups attached to an aromatic ring is 1. The highest BCUT2D eigenvalue weighted by molar-refractivity contribution is 6.34. The molecule has 176 valence electrons. The number of aromatic nitrogens is 6. The molecule has 9 heteroatoms. The van der Waals surface area contributed by atoms with Gasteiger partial charge in [0.05, 0.1) is 33.4 Å². The standard InChI is InChI=1S/C26H25ClN8/c27-19-11-16-6-9-21(20-3-1-2-10-30-20)33-22(16)12-18(19)24-23-25(29)31-14-32-26(23)35(34-24)17-7-4-15(13-28)5-8-17/h1-3,6,9-12,14-15,17H,4-5,7-8,13,28H2,(H2,29,31,32). The average Bonchev–Trinajstić information content (AvgIpc) is 3.29. The van der Waals surface area contributed by atoms with Crippen molar-refractivity contribution in [3.63, 3.8) is 0 Å². The predicted octanol–water partition coefficient (Wildman–Crippen LogP) is 5.03. The summed E-state index contributed by atoms with van der Waals surface area (Å²) in [6.45, 7) is 0.729. The van der Waals surface area contributed by atoms with E-state index in [2.05, 4.69) is 15.0 Å². The number of hydrogen-bond donors (Lipinski definition) is 2. The number of nitrogens with two attached hydrogens (primary N) is 2. The lowest BCUT2D eigenvalue weighted by molar-refractivity contribution is 0.269. The van der Waals surface area contributed by atoms with E-state index in [1.807, 2.05) is 47.1 Å². The van der Waals surface area contributed by atoms with E-state index in [0.29, 0.717) is 22.5 Å². The van der Waals surface area contributed by atoms with Gasteiger partial charge in [0.25, 0.3) is 0 Å². The lowest BCUT2D eigenvalue weighted by Gasteiger charge is -2.27. The van der Waals surface area contributed by atoms with Crippen LogP contribution in [0.3, 0.4) is 0 Å². The molecule has 6 rings (SSSR count). The average molecular weight is 485 g/mol. The summed E-state index contributed by atoms with van der Waals surface area (Å²) in [5.41, 5.74) is 16.8. The van der Waals surface area contributed by atoms with Crippen LogP contribution in [-0.4, -0.2) is 36.3 Å². The topological polar surface area (TPSA) is 121 Å². The molecule has 1 aliphatic carbocycles. The minimum absolute atomic E-state index is 0.233. The summed E-state index contributed by atoms with van der Waals surface area (Å²) in [5, 5.41) is 7.25. The smallest absolute Gasteiger partial charge is 0.164 e. The Hall–Kier alpha value is -3.62. The highest BCUT2D eigenvalue weighted by Crippen LogP contribution is 2.40. The van der Waals surface area contributed by atoms with Gasteiger partial charge >= 0.3 is 0 Å². The van der Waals surface area contributed by atoms with Crippen molar-refractivity contribution >= 4 is 39.4 Å². The maximum Gasteiger partial charge on any atom is 0.164 e. The van der Waals surface area contributed by atoms with Crippen molar-refractivity contribution in [2.24, 2.45) is 11.7 Å². The molecule has 5 aromatic rings. The van der Waals surface area contributed by atoms with E-state index in [0.717, 1.165) is 71.1 Å². The van der Waals surface area contributed by atoms with Crippen LogP contribution >= 0.6 is 11.6 Å². The molecule has 0 radical (unpaired) electrons. The zero-order valence-electron chi connectivity index (χ0n) is 19.1. The van der Waals surface area contributed by atoms with Crippen LogP contribution in [-0.2, 0) is 0 Å². The number of halogens is 1. The summed E-state index contributed by atoms with van der Waals surface area (Å²) in [6, 6.07) is 13.9. The fourth-order valence-electron chi connectivity index (χ4n) is 5.05. The highest BCUT2D eigenvalue weighted by Gasteiger charge is 2.27. The van der Waals surface area contributed by atoms with E-state index in [1.54, 1.807) is 6.20 Å². The van der Waals surface area contributed by atoms with Gasteiger partial charge < -0.3 is 11.5 Å². The third-order valence-corrected chi connectivity index (χ3v) is 7.29. The van der Waals surface area contributed by atoms with Crippen molar-refractivity contribution in [3.8, 4) is 22.6 Å². The molecule has 35 heavy (non-hydrogen) atoms. The lowest BCUT2D eigenvalue weighted by atomic mass is 9.86. The molecule has 0 unspecified atom stereocenters. The van der Waals surface area contributed by atoms with Crippen molar-refractivity contribution in [2.45, 2.75) is 31.7 Å². The number of nitrogens with zero attached hydrogens (tertiary/aromatic N) is 6. The van der Waals surface area contributed by atoms with E-state index < -0.39 is 0 Å². The molecule has 0 atom stereocenters. The number of anilines is 1. The minimum atomic E-state index is 0.233. The zero-order valence-corrected chi connectivity index (χ0v) is 19.9. The lowest BCUT2D eigenvalue weighted by Crippen LogP contribution is -2.24. The largest absolute Gasteiger partial charge is 0.383 e. The Balaban J connectivity index is 1.50. The Morgan fingerprint density at radius 2 is 1.83 bits per heavy atom. The Morgan fingerprint density at radius 1 is 0.971 bits per heavy atom. The zero-order chi connectivity index (χ0) is 23.9. The van der Waals surface area contributed by atoms with Crippen LogP contribution in [0.1, 0.15) is 31.7 Å². The van der Waals surface area contributed by atoms with Crippen LogP contribution in [0, 0.1) is 5.92 Å². The summed E-state index contributed by atoms with van der Waals surface area (Å²) in [5.74, 6) is 0.958. The maximum absolute atomic E-state index is 6.80. The van der Waals surface area contributed by atoms with Gasteiger partial charge in [-0.25, -0.2) is 19.6 Å². The maximum atomic E-state index is 6.80. The van der Waals surface area contributed by atoms with E-state index in [4.69, 9.17) is 33.2 Å². The fourth-order valence-corrected chi connectivity index (χ4v) is 5.31. The van der Waals surface area contributed by atoms with Crippen molar-refractivity contribution in [3.05, 3.63) is 60.0 Å². The molecule has 0 spiro atoms. The second-order valence-electron chi connectivity index (χ2n) is 9.10. The Kier molecular flexibility index (Phi) is 5.54. The van der Waals surface area contributed by atoms with Crippen LogP contribution in [0.2, 0.25) is 5.02 Å². The van der Waals surface area contributed by atoms with E-state index in [9.17, 15) is 0 Å². The second-order valence-corrected chi connectivity index (χ2v) is 9.50. The summed E-state index contributed by atoms with van der Waals surface area (Å²) >= 11 is 6.80. The molecule has 1 saturated carbocycles. The molecular formula is C26H25ClN8. The number of hydrogen-bond acceptors (Lipinski definition) is 7. The molecule has 0 amide bonds. The van der Waals surface area contributed by atoms with Crippen LogP contribution in [0.5, 0.6) is 0 Å². The van der Waals surface area contributed by atoms with Crippen molar-refractivity contribution < 1.29 is 0 Å². The molecule has 1 fully saturated rings. The number of fused-ring (bicyclic) bond motifs is 2. The fraction of sp³-hybridized carbons (Fsp3) is 0.269. The van der Waals surface area contributed by atoms with Crippen LogP contribution in [0.15, 0.2) is 55.0 Å². The van der Waals surface area contributed by atoms with Gasteiger partial charge in [-0.1, -0.05) is 23.7 Å². The molecule has 0 saturated heterocycles. The normalized spacial score (nSPS) is 18.3. The van der Waals surface area contributed by atoms with Gasteiger partial charge in [0.1, 0.15) is 17.8 Å². The molecule has 0 bridgehead atoms. The van der Waals surface area contributed by atoms with Gasteiger partial charge in [-0.2, -0.15) is 5.10 Å². The highest BCUT2D eigenvalue weighted by atomic mass is 35.5. The summed E-state index contributed by atoms with van der Waals surface area (Å²) in [4.78, 5) is 18.1. The summed E-state index contributed by atoms with van der Waals surface area (Å²) in [6.07, 6.45) is 7.42. The molecule has 1 aromatic carbocycles. The Morgan fingerprint density at radius 3 is 2.60 bits per heavy atom. The molecule has 0 aliphatic heterocycles. The first-order valence-electron chi connectivity index (χ1n) is 11.8. The van der Waals surface area contributed by atoms with Gasteiger partial charge in [0.2, 0.25) is 0 Å². The number of pyridine rings is 2. The molecule has 4 aromatic heterocycles. The van der Waals surface area contributed by atoms with Crippen LogP contribution < -0.4 is 11.5 Å². The quantitative estimate of drug-likeness (QED) is 0.367. The number of benzene rings is 1. The molecule has 4 N–H and O–H groups in total. The summed E-state index contributed by atoms with van der Waals surface area (Å²) in [7, 11) is 0. The van der Waals surface area contributed by atoms with Crippen molar-refractivity contribution in [2.75, 3.05) is 12.3 Å².